The maximum Gasteiger partial charge on any atom is 0.145 e. The van der Waals surface area contributed by atoms with E-state index in [4.69, 9.17) is 16.3 Å². The summed E-state index contributed by atoms with van der Waals surface area (Å²) in [7, 11) is 0. The van der Waals surface area contributed by atoms with Crippen molar-refractivity contribution in [1.82, 2.24) is 14.5 Å². The van der Waals surface area contributed by atoms with Crippen LogP contribution in [-0.2, 0) is 11.3 Å². The third-order valence-corrected chi connectivity index (χ3v) is 3.72. The van der Waals surface area contributed by atoms with E-state index < -0.39 is 0 Å². The van der Waals surface area contributed by atoms with E-state index >= 15 is 0 Å². The van der Waals surface area contributed by atoms with Gasteiger partial charge in [0, 0.05) is 12.3 Å². The molecule has 0 bridgehead atoms. The lowest BCUT2D eigenvalue weighted by Gasteiger charge is -2.13. The molecule has 0 aliphatic carbocycles. The highest BCUT2D eigenvalue weighted by Crippen LogP contribution is 2.25. The van der Waals surface area contributed by atoms with E-state index in [9.17, 15) is 0 Å². The zero-order valence-electron chi connectivity index (χ0n) is 10.6. The Balaban J connectivity index is 2.06. The number of ether oxygens (including phenoxy) is 1. The summed E-state index contributed by atoms with van der Waals surface area (Å²) in [5.41, 5.74) is 2.07. The number of hydrogen-bond donors (Lipinski definition) is 0. The molecule has 1 fully saturated rings. The minimum atomic E-state index is 0.299. The summed E-state index contributed by atoms with van der Waals surface area (Å²) in [6.07, 6.45) is 2.57. The molecule has 1 atom stereocenters. The normalized spacial score (nSPS) is 19.8. The molecule has 4 nitrogen and oxygen atoms in total. The van der Waals surface area contributed by atoms with E-state index in [2.05, 4.69) is 21.5 Å². The lowest BCUT2D eigenvalue weighted by molar-refractivity contribution is 0.0974. The Hall–Kier alpha value is -1.13. The van der Waals surface area contributed by atoms with Crippen molar-refractivity contribution in [1.29, 1.82) is 0 Å². The summed E-state index contributed by atoms with van der Waals surface area (Å²) >= 11 is 6.17. The van der Waals surface area contributed by atoms with Crippen LogP contribution in [0.25, 0.3) is 11.0 Å². The van der Waals surface area contributed by atoms with E-state index in [-0.39, 0.29) is 0 Å². The van der Waals surface area contributed by atoms with Gasteiger partial charge in [0.15, 0.2) is 0 Å². The molecule has 0 unspecified atom stereocenters. The quantitative estimate of drug-likeness (QED) is 0.784. The third kappa shape index (κ3) is 1.99. The average molecular weight is 266 g/mol. The Bertz CT molecular complexity index is 587. The minimum absolute atomic E-state index is 0.299. The molecule has 3 rings (SSSR count). The molecular weight excluding hydrogens is 250 g/mol. The minimum Gasteiger partial charge on any atom is -0.376 e. The second-order valence-electron chi connectivity index (χ2n) is 4.83. The zero-order valence-corrected chi connectivity index (χ0v) is 11.4. The lowest BCUT2D eigenvalue weighted by atomic mass is 10.2. The molecule has 2 aromatic rings. The molecule has 0 N–H and O–H groups in total. The van der Waals surface area contributed by atoms with Crippen molar-refractivity contribution < 1.29 is 4.74 Å². The van der Waals surface area contributed by atoms with Crippen molar-refractivity contribution in [3.8, 4) is 0 Å². The highest BCUT2D eigenvalue weighted by molar-refractivity contribution is 6.34. The lowest BCUT2D eigenvalue weighted by Crippen LogP contribution is -2.16. The Morgan fingerprint density at radius 2 is 2.28 bits per heavy atom. The first-order valence-corrected chi connectivity index (χ1v) is 6.64. The van der Waals surface area contributed by atoms with E-state index in [1.807, 2.05) is 13.0 Å². The second kappa shape index (κ2) is 4.52. The molecule has 1 saturated heterocycles. The SMILES string of the molecule is Cc1nc(Cl)c2cc(C)n(C[C@H]3CCCO3)c2n1. The Labute approximate surface area is 111 Å². The standard InChI is InChI=1S/C13H16ClN3O/c1-8-6-11-12(14)15-9(2)16-13(11)17(8)7-10-4-3-5-18-10/h6,10H,3-5,7H2,1-2H3/t10-/m1/s1. The molecule has 0 amide bonds. The van der Waals surface area contributed by atoms with Crippen LogP contribution in [0.1, 0.15) is 24.4 Å². The first-order valence-electron chi connectivity index (χ1n) is 6.27. The van der Waals surface area contributed by atoms with Crippen LogP contribution in [0.3, 0.4) is 0 Å². The summed E-state index contributed by atoms with van der Waals surface area (Å²) in [5, 5.41) is 1.46. The number of halogens is 1. The Morgan fingerprint density at radius 1 is 1.44 bits per heavy atom. The molecule has 96 valence electrons. The Morgan fingerprint density at radius 3 is 3.00 bits per heavy atom. The van der Waals surface area contributed by atoms with Crippen LogP contribution >= 0.6 is 11.6 Å². The van der Waals surface area contributed by atoms with E-state index in [1.165, 1.54) is 0 Å². The van der Waals surface area contributed by atoms with Crippen LogP contribution in [0.2, 0.25) is 5.15 Å². The Kier molecular flexibility index (Phi) is 2.99. The maximum atomic E-state index is 6.17. The number of aryl methyl sites for hydroxylation is 2. The molecule has 0 radical (unpaired) electrons. The van der Waals surface area contributed by atoms with Crippen molar-refractivity contribution in [3.63, 3.8) is 0 Å². The third-order valence-electron chi connectivity index (χ3n) is 3.44. The fourth-order valence-electron chi connectivity index (χ4n) is 2.54. The van der Waals surface area contributed by atoms with E-state index in [0.29, 0.717) is 17.1 Å². The predicted octanol–water partition coefficient (Wildman–Crippen LogP) is 2.88. The summed E-state index contributed by atoms with van der Waals surface area (Å²) in [6.45, 7) is 5.66. The molecular formula is C13H16ClN3O. The van der Waals surface area contributed by atoms with Gasteiger partial charge >= 0.3 is 0 Å². The number of fused-ring (bicyclic) bond motifs is 1. The highest BCUT2D eigenvalue weighted by Gasteiger charge is 2.19. The molecule has 3 heterocycles. The molecule has 1 aliphatic heterocycles. The van der Waals surface area contributed by atoms with Gasteiger partial charge in [0.05, 0.1) is 18.0 Å². The van der Waals surface area contributed by atoms with Crippen LogP contribution in [-0.4, -0.2) is 27.2 Å². The predicted molar refractivity (Wildman–Crippen MR) is 71.0 cm³/mol. The van der Waals surface area contributed by atoms with Crippen molar-refractivity contribution in [3.05, 3.63) is 22.7 Å². The van der Waals surface area contributed by atoms with Gasteiger partial charge < -0.3 is 9.30 Å². The van der Waals surface area contributed by atoms with Crippen molar-refractivity contribution in [2.75, 3.05) is 6.61 Å². The number of hydrogen-bond acceptors (Lipinski definition) is 3. The molecule has 0 aromatic carbocycles. The smallest absolute Gasteiger partial charge is 0.145 e. The van der Waals surface area contributed by atoms with Crippen LogP contribution in [0.15, 0.2) is 6.07 Å². The fraction of sp³-hybridized carbons (Fsp3) is 0.538. The number of aromatic nitrogens is 3. The maximum absolute atomic E-state index is 6.17. The van der Waals surface area contributed by atoms with Crippen molar-refractivity contribution in [2.24, 2.45) is 0 Å². The molecule has 1 aliphatic rings. The molecule has 0 saturated carbocycles. The van der Waals surface area contributed by atoms with Crippen LogP contribution in [0.4, 0.5) is 0 Å². The molecule has 0 spiro atoms. The van der Waals surface area contributed by atoms with Gasteiger partial charge in [-0.15, -0.1) is 0 Å². The summed E-state index contributed by atoms with van der Waals surface area (Å²) in [5.74, 6) is 0.708. The van der Waals surface area contributed by atoms with Crippen LogP contribution in [0, 0.1) is 13.8 Å². The van der Waals surface area contributed by atoms with Gasteiger partial charge in [-0.25, -0.2) is 9.97 Å². The summed E-state index contributed by atoms with van der Waals surface area (Å²) in [6, 6.07) is 2.05. The topological polar surface area (TPSA) is 39.9 Å². The second-order valence-corrected chi connectivity index (χ2v) is 5.19. The molecule has 5 heteroatoms. The van der Waals surface area contributed by atoms with Gasteiger partial charge in [-0.05, 0) is 32.8 Å². The number of rotatable bonds is 2. The van der Waals surface area contributed by atoms with Gasteiger partial charge in [0.2, 0.25) is 0 Å². The van der Waals surface area contributed by atoms with Gasteiger partial charge in [0.1, 0.15) is 16.6 Å². The van der Waals surface area contributed by atoms with Crippen LogP contribution < -0.4 is 0 Å². The van der Waals surface area contributed by atoms with E-state index in [1.54, 1.807) is 0 Å². The zero-order chi connectivity index (χ0) is 12.7. The van der Waals surface area contributed by atoms with Crippen molar-refractivity contribution in [2.45, 2.75) is 39.3 Å². The summed E-state index contributed by atoms with van der Waals surface area (Å²) < 4.78 is 7.88. The monoisotopic (exact) mass is 265 g/mol. The largest absolute Gasteiger partial charge is 0.376 e. The fourth-order valence-corrected chi connectivity index (χ4v) is 2.80. The van der Waals surface area contributed by atoms with Gasteiger partial charge in [-0.2, -0.15) is 0 Å². The highest BCUT2D eigenvalue weighted by atomic mass is 35.5. The number of nitrogens with zero attached hydrogens (tertiary/aromatic N) is 3. The van der Waals surface area contributed by atoms with Crippen molar-refractivity contribution >= 4 is 22.6 Å². The van der Waals surface area contributed by atoms with E-state index in [0.717, 1.165) is 42.7 Å². The van der Waals surface area contributed by atoms with Crippen LogP contribution in [0.5, 0.6) is 0 Å². The first-order chi connectivity index (χ1) is 8.65. The average Bonchev–Trinajstić information content (AvgIpc) is 2.91. The molecule has 18 heavy (non-hydrogen) atoms. The summed E-state index contributed by atoms with van der Waals surface area (Å²) in [4.78, 5) is 8.71. The van der Waals surface area contributed by atoms with Gasteiger partial charge in [-0.1, -0.05) is 11.6 Å². The van der Waals surface area contributed by atoms with Gasteiger partial charge in [-0.3, -0.25) is 0 Å². The first kappa shape index (κ1) is 11.9. The van der Waals surface area contributed by atoms with Gasteiger partial charge in [0.25, 0.3) is 0 Å². The molecule has 2 aromatic heterocycles.